The number of nitrogens with zero attached hydrogens (tertiary/aromatic N) is 5. The number of sulfonamides is 1. The molecule has 0 saturated carbocycles. The molecule has 0 saturated heterocycles. The summed E-state index contributed by atoms with van der Waals surface area (Å²) in [5.74, 6) is 0. The zero-order valence-electron chi connectivity index (χ0n) is 14.3. The molecule has 0 fully saturated rings. The monoisotopic (exact) mass is 407 g/mol. The Bertz CT molecular complexity index is 1170. The van der Waals surface area contributed by atoms with Crippen molar-refractivity contribution < 1.29 is 13.3 Å². The predicted octanol–water partition coefficient (Wildman–Crippen LogP) is 2.86. The molecule has 2 heterocycles. The summed E-state index contributed by atoms with van der Waals surface area (Å²) in [6.45, 7) is 1.56. The van der Waals surface area contributed by atoms with Gasteiger partial charge in [-0.2, -0.15) is 23.0 Å². The topological polar surface area (TPSA) is 110 Å². The van der Waals surface area contributed by atoms with Crippen molar-refractivity contribution in [2.75, 3.05) is 7.05 Å². The van der Waals surface area contributed by atoms with Crippen molar-refractivity contribution in [3.8, 4) is 0 Å². The van der Waals surface area contributed by atoms with Crippen LogP contribution in [0.2, 0.25) is 5.02 Å². The highest BCUT2D eigenvalue weighted by atomic mass is 35.5. The second kappa shape index (κ2) is 6.97. The van der Waals surface area contributed by atoms with Gasteiger partial charge >= 0.3 is 0 Å². The van der Waals surface area contributed by atoms with Crippen LogP contribution in [0.1, 0.15) is 11.1 Å². The third-order valence-electron chi connectivity index (χ3n) is 3.88. The molecule has 0 unspecified atom stereocenters. The number of hydrogen-bond acceptors (Lipinski definition) is 6. The van der Waals surface area contributed by atoms with Gasteiger partial charge in [0.1, 0.15) is 0 Å². The summed E-state index contributed by atoms with van der Waals surface area (Å²) in [5.41, 5.74) is 1.29. The molecule has 0 N–H and O–H groups in total. The molecule has 3 aromatic rings. The standard InChI is InChI=1S/C16H14ClN5O4S/c1-11-3-4-14(22(23)24)8-16(11)27(25,26)20(2)18-9-12-10-19-21-6-5-13(17)7-15(12)21/h3-10H,1-2H3/b18-9+. The van der Waals surface area contributed by atoms with Crippen molar-refractivity contribution in [1.82, 2.24) is 14.0 Å². The normalized spacial score (nSPS) is 12.0. The maximum Gasteiger partial charge on any atom is 0.279 e. The summed E-state index contributed by atoms with van der Waals surface area (Å²) < 4.78 is 27.8. The largest absolute Gasteiger partial charge is 0.279 e. The fourth-order valence-corrected chi connectivity index (χ4v) is 3.76. The number of aryl methyl sites for hydroxylation is 1. The summed E-state index contributed by atoms with van der Waals surface area (Å²) >= 11 is 5.97. The number of fused-ring (bicyclic) bond motifs is 1. The van der Waals surface area contributed by atoms with Gasteiger partial charge in [0, 0.05) is 36.0 Å². The molecular formula is C16H14ClN5O4S. The maximum absolute atomic E-state index is 12.8. The van der Waals surface area contributed by atoms with Crippen molar-refractivity contribution in [3.63, 3.8) is 0 Å². The molecule has 2 aromatic heterocycles. The summed E-state index contributed by atoms with van der Waals surface area (Å²) in [4.78, 5) is 10.1. The minimum atomic E-state index is -4.06. The van der Waals surface area contributed by atoms with Crippen molar-refractivity contribution in [2.24, 2.45) is 5.10 Å². The fourth-order valence-electron chi connectivity index (χ4n) is 2.40. The predicted molar refractivity (Wildman–Crippen MR) is 101 cm³/mol. The van der Waals surface area contributed by atoms with Crippen LogP contribution in [0.4, 0.5) is 5.69 Å². The van der Waals surface area contributed by atoms with E-state index in [1.807, 2.05) is 0 Å². The van der Waals surface area contributed by atoms with Gasteiger partial charge in [0.2, 0.25) is 0 Å². The van der Waals surface area contributed by atoms with E-state index in [4.69, 9.17) is 11.6 Å². The van der Waals surface area contributed by atoms with Gasteiger partial charge in [-0.25, -0.2) is 4.52 Å². The van der Waals surface area contributed by atoms with Gasteiger partial charge in [-0.15, -0.1) is 0 Å². The van der Waals surface area contributed by atoms with E-state index in [1.54, 1.807) is 29.8 Å². The molecule has 0 aliphatic rings. The van der Waals surface area contributed by atoms with Crippen LogP contribution in [0.3, 0.4) is 0 Å². The number of hydrazone groups is 1. The average Bonchev–Trinajstić information content (AvgIpc) is 3.01. The van der Waals surface area contributed by atoms with Gasteiger partial charge in [0.25, 0.3) is 15.7 Å². The third kappa shape index (κ3) is 3.62. The van der Waals surface area contributed by atoms with Crippen molar-refractivity contribution >= 4 is 39.0 Å². The number of pyridine rings is 1. The summed E-state index contributed by atoms with van der Waals surface area (Å²) in [6.07, 6.45) is 4.53. The van der Waals surface area contributed by atoms with E-state index in [1.165, 1.54) is 31.6 Å². The molecule has 0 bridgehead atoms. The molecule has 27 heavy (non-hydrogen) atoms. The van der Waals surface area contributed by atoms with Crippen LogP contribution < -0.4 is 0 Å². The lowest BCUT2D eigenvalue weighted by Crippen LogP contribution is -2.22. The quantitative estimate of drug-likeness (QED) is 0.367. The Labute approximate surface area is 159 Å². The molecule has 11 heteroatoms. The van der Waals surface area contributed by atoms with Crippen LogP contribution in [-0.4, -0.2) is 40.6 Å². The first-order valence-electron chi connectivity index (χ1n) is 7.61. The number of benzene rings is 1. The van der Waals surface area contributed by atoms with Gasteiger partial charge in [-0.3, -0.25) is 10.1 Å². The molecule has 9 nitrogen and oxygen atoms in total. The van der Waals surface area contributed by atoms with E-state index >= 15 is 0 Å². The smallest absolute Gasteiger partial charge is 0.258 e. The molecule has 0 aliphatic heterocycles. The highest BCUT2D eigenvalue weighted by Gasteiger charge is 2.24. The van der Waals surface area contributed by atoms with Crippen molar-refractivity contribution in [2.45, 2.75) is 11.8 Å². The number of nitro groups is 1. The Morgan fingerprint density at radius 3 is 2.78 bits per heavy atom. The van der Waals surface area contributed by atoms with Crippen LogP contribution in [0.5, 0.6) is 0 Å². The second-order valence-electron chi connectivity index (χ2n) is 5.67. The molecule has 3 rings (SSSR count). The molecule has 0 radical (unpaired) electrons. The Balaban J connectivity index is 1.96. The molecule has 1 aromatic carbocycles. The molecule has 140 valence electrons. The molecule has 0 spiro atoms. The van der Waals surface area contributed by atoms with E-state index in [9.17, 15) is 18.5 Å². The van der Waals surface area contributed by atoms with Gasteiger partial charge in [0.15, 0.2) is 0 Å². The highest BCUT2D eigenvalue weighted by molar-refractivity contribution is 7.89. The third-order valence-corrected chi connectivity index (χ3v) is 5.90. The van der Waals surface area contributed by atoms with Gasteiger partial charge < -0.3 is 0 Å². The molecule has 0 amide bonds. The number of non-ortho nitro benzene ring substituents is 1. The minimum absolute atomic E-state index is 0.181. The fraction of sp³-hybridized carbons (Fsp3) is 0.125. The van der Waals surface area contributed by atoms with Crippen molar-refractivity contribution in [1.29, 1.82) is 0 Å². The summed E-state index contributed by atoms with van der Waals surface area (Å²) in [7, 11) is -2.81. The van der Waals surface area contributed by atoms with E-state index in [2.05, 4.69) is 10.2 Å². The van der Waals surface area contributed by atoms with Crippen LogP contribution in [-0.2, 0) is 10.0 Å². The van der Waals surface area contributed by atoms with Crippen molar-refractivity contribution in [3.05, 3.63) is 69.0 Å². The average molecular weight is 408 g/mol. The van der Waals surface area contributed by atoms with Crippen LogP contribution in [0.25, 0.3) is 5.52 Å². The van der Waals surface area contributed by atoms with Gasteiger partial charge in [-0.1, -0.05) is 17.7 Å². The first kappa shape index (κ1) is 18.8. The highest BCUT2D eigenvalue weighted by Crippen LogP contribution is 2.24. The zero-order chi connectivity index (χ0) is 19.8. The molecular weight excluding hydrogens is 394 g/mol. The zero-order valence-corrected chi connectivity index (χ0v) is 15.8. The molecule has 0 aliphatic carbocycles. The second-order valence-corrected chi connectivity index (χ2v) is 8.02. The van der Waals surface area contributed by atoms with Crippen LogP contribution in [0, 0.1) is 17.0 Å². The van der Waals surface area contributed by atoms with Crippen LogP contribution >= 0.6 is 11.6 Å². The minimum Gasteiger partial charge on any atom is -0.258 e. The Kier molecular flexibility index (Phi) is 4.85. The Morgan fingerprint density at radius 2 is 2.07 bits per heavy atom. The lowest BCUT2D eigenvalue weighted by molar-refractivity contribution is -0.385. The van der Waals surface area contributed by atoms with E-state index < -0.39 is 14.9 Å². The first-order chi connectivity index (χ1) is 12.7. The number of rotatable bonds is 5. The van der Waals surface area contributed by atoms with Gasteiger partial charge in [-0.05, 0) is 24.6 Å². The number of halogens is 1. The van der Waals surface area contributed by atoms with E-state index in [0.29, 0.717) is 21.7 Å². The first-order valence-corrected chi connectivity index (χ1v) is 9.43. The number of aromatic nitrogens is 2. The van der Waals surface area contributed by atoms with E-state index in [-0.39, 0.29) is 10.6 Å². The van der Waals surface area contributed by atoms with E-state index in [0.717, 1.165) is 10.5 Å². The summed E-state index contributed by atoms with van der Waals surface area (Å²) in [6, 6.07) is 7.00. The Morgan fingerprint density at radius 1 is 1.33 bits per heavy atom. The van der Waals surface area contributed by atoms with Crippen LogP contribution in [0.15, 0.2) is 52.7 Å². The lowest BCUT2D eigenvalue weighted by Gasteiger charge is -2.15. The van der Waals surface area contributed by atoms with Gasteiger partial charge in [0.05, 0.1) is 27.7 Å². The molecule has 0 atom stereocenters. The summed E-state index contributed by atoms with van der Waals surface area (Å²) in [5, 5.41) is 19.5. The Hall–Kier alpha value is -2.98. The number of nitro benzene ring substituents is 1. The maximum atomic E-state index is 12.8. The lowest BCUT2D eigenvalue weighted by atomic mass is 10.2. The SMILES string of the molecule is Cc1ccc([N+](=O)[O-])cc1S(=O)(=O)N(C)/N=C/c1cnn2ccc(Cl)cc12. The number of hydrogen-bond donors (Lipinski definition) is 0.